The Labute approximate surface area is 101 Å². The molecule has 0 amide bonds. The zero-order valence-corrected chi connectivity index (χ0v) is 9.96. The number of H-pyrrole nitrogens is 1. The fourth-order valence-corrected chi connectivity index (χ4v) is 1.53. The van der Waals surface area contributed by atoms with Gasteiger partial charge >= 0.3 is 0 Å². The van der Waals surface area contributed by atoms with Gasteiger partial charge in [0.05, 0.1) is 0 Å². The fraction of sp³-hybridized carbons (Fsp3) is 0.0667. The van der Waals surface area contributed by atoms with Gasteiger partial charge in [-0.2, -0.15) is 0 Å². The van der Waals surface area contributed by atoms with E-state index in [1.165, 1.54) is 6.08 Å². The van der Waals surface area contributed by atoms with Crippen LogP contribution in [-0.4, -0.2) is 4.98 Å². The Morgan fingerprint density at radius 1 is 1.35 bits per heavy atom. The van der Waals surface area contributed by atoms with E-state index in [0.717, 1.165) is 21.8 Å². The molecule has 1 N–H and O–H groups in total. The molecule has 1 aromatic rings. The molecule has 0 aliphatic carbocycles. The zero-order valence-electron chi connectivity index (χ0n) is 9.96. The van der Waals surface area contributed by atoms with Crippen molar-refractivity contribution in [2.45, 2.75) is 6.92 Å². The quantitative estimate of drug-likeness (QED) is 0.764. The van der Waals surface area contributed by atoms with Crippen LogP contribution in [0.1, 0.15) is 11.3 Å². The molecule has 0 spiro atoms. The average molecular weight is 229 g/mol. The number of aromatic nitrogens is 1. The van der Waals surface area contributed by atoms with E-state index in [4.69, 9.17) is 0 Å². The van der Waals surface area contributed by atoms with Crippen molar-refractivity contribution < 1.29 is 4.39 Å². The molecule has 0 aliphatic rings. The Hall–Kier alpha value is -2.09. The average Bonchev–Trinajstić information content (AvgIpc) is 2.51. The highest BCUT2D eigenvalue weighted by Crippen LogP contribution is 2.03. The first-order valence-corrected chi connectivity index (χ1v) is 5.25. The van der Waals surface area contributed by atoms with Crippen LogP contribution < -0.4 is 10.6 Å². The summed E-state index contributed by atoms with van der Waals surface area (Å²) in [4.78, 5) is 3.12. The largest absolute Gasteiger partial charge is 0.359 e. The molecule has 0 aromatic carbocycles. The van der Waals surface area contributed by atoms with Crippen LogP contribution in [0.3, 0.4) is 0 Å². The molecule has 0 unspecified atom stereocenters. The SMILES string of the molecule is C=C/C=C\C=c1\c(/C=C\C(=C)F)c(C)[nH]c1=C. The highest BCUT2D eigenvalue weighted by atomic mass is 19.1. The number of allylic oxidation sites excluding steroid dienone is 5. The van der Waals surface area contributed by atoms with Crippen molar-refractivity contribution in [1.29, 1.82) is 0 Å². The number of aromatic amines is 1. The first-order valence-electron chi connectivity index (χ1n) is 5.25. The topological polar surface area (TPSA) is 15.8 Å². The summed E-state index contributed by atoms with van der Waals surface area (Å²) in [6, 6.07) is 0. The van der Waals surface area contributed by atoms with Gasteiger partial charge in [0.1, 0.15) is 5.83 Å². The Balaban J connectivity index is 3.34. The minimum Gasteiger partial charge on any atom is -0.359 e. The number of rotatable bonds is 4. The Morgan fingerprint density at radius 2 is 2.06 bits per heavy atom. The van der Waals surface area contributed by atoms with Crippen LogP contribution >= 0.6 is 0 Å². The molecule has 0 aliphatic heterocycles. The summed E-state index contributed by atoms with van der Waals surface area (Å²) in [6.07, 6.45) is 10.3. The van der Waals surface area contributed by atoms with Gasteiger partial charge < -0.3 is 4.98 Å². The summed E-state index contributed by atoms with van der Waals surface area (Å²) in [5.74, 6) is -0.469. The van der Waals surface area contributed by atoms with Crippen molar-refractivity contribution in [2.75, 3.05) is 0 Å². The lowest BCUT2D eigenvalue weighted by molar-refractivity contribution is 0.672. The van der Waals surface area contributed by atoms with E-state index in [0.29, 0.717) is 0 Å². The van der Waals surface area contributed by atoms with Crippen LogP contribution in [0.2, 0.25) is 0 Å². The second-order valence-electron chi connectivity index (χ2n) is 3.62. The summed E-state index contributed by atoms with van der Waals surface area (Å²) in [7, 11) is 0. The Bertz CT molecular complexity index is 585. The van der Waals surface area contributed by atoms with Crippen molar-refractivity contribution in [3.63, 3.8) is 0 Å². The minimum atomic E-state index is -0.469. The van der Waals surface area contributed by atoms with Crippen molar-refractivity contribution >= 4 is 18.7 Å². The van der Waals surface area contributed by atoms with Crippen LogP contribution in [0.15, 0.2) is 43.3 Å². The van der Waals surface area contributed by atoms with Gasteiger partial charge in [0.2, 0.25) is 0 Å². The van der Waals surface area contributed by atoms with Gasteiger partial charge in [-0.1, -0.05) is 44.0 Å². The second kappa shape index (κ2) is 5.85. The van der Waals surface area contributed by atoms with Gasteiger partial charge in [0.15, 0.2) is 0 Å². The van der Waals surface area contributed by atoms with Crippen molar-refractivity contribution in [3.8, 4) is 0 Å². The van der Waals surface area contributed by atoms with Crippen molar-refractivity contribution in [1.82, 2.24) is 4.98 Å². The minimum absolute atomic E-state index is 0.469. The maximum Gasteiger partial charge on any atom is 0.116 e. The number of hydrogen-bond acceptors (Lipinski definition) is 0. The van der Waals surface area contributed by atoms with Crippen LogP contribution in [-0.2, 0) is 0 Å². The number of halogens is 1. The van der Waals surface area contributed by atoms with E-state index in [1.54, 1.807) is 12.2 Å². The normalized spacial score (nSPS) is 12.7. The third-order valence-electron chi connectivity index (χ3n) is 2.30. The number of aryl methyl sites for hydroxylation is 1. The van der Waals surface area contributed by atoms with Gasteiger partial charge in [-0.25, -0.2) is 4.39 Å². The van der Waals surface area contributed by atoms with E-state index in [2.05, 4.69) is 24.7 Å². The predicted octanol–water partition coefficient (Wildman–Crippen LogP) is 2.75. The third kappa shape index (κ3) is 3.45. The standard InChI is InChI=1S/C15H16FN/c1-5-6-7-8-14-12(3)17-13(4)15(14)10-9-11(2)16/h5-10,17H,1-3H2,4H3/b7-6-,10-9-,14-8+. The van der Waals surface area contributed by atoms with Crippen LogP contribution in [0.25, 0.3) is 18.7 Å². The Morgan fingerprint density at radius 3 is 2.65 bits per heavy atom. The molecular weight excluding hydrogens is 213 g/mol. The molecule has 0 radical (unpaired) electrons. The number of hydrogen-bond donors (Lipinski definition) is 1. The smallest absolute Gasteiger partial charge is 0.116 e. The molecule has 1 nitrogen and oxygen atoms in total. The summed E-state index contributed by atoms with van der Waals surface area (Å²) in [5.41, 5.74) is 1.87. The van der Waals surface area contributed by atoms with Gasteiger partial charge in [-0.3, -0.25) is 0 Å². The van der Waals surface area contributed by atoms with E-state index in [9.17, 15) is 4.39 Å². The van der Waals surface area contributed by atoms with Gasteiger partial charge in [-0.15, -0.1) is 0 Å². The molecule has 0 saturated carbocycles. The molecule has 0 bridgehead atoms. The molecular formula is C15H16FN. The molecule has 1 rings (SSSR count). The van der Waals surface area contributed by atoms with Crippen LogP contribution in [0.4, 0.5) is 4.39 Å². The summed E-state index contributed by atoms with van der Waals surface area (Å²) < 4.78 is 12.6. The van der Waals surface area contributed by atoms with E-state index in [-0.39, 0.29) is 0 Å². The predicted molar refractivity (Wildman–Crippen MR) is 73.4 cm³/mol. The molecule has 0 saturated heterocycles. The first kappa shape index (κ1) is 13.0. The molecule has 0 atom stereocenters. The summed E-state index contributed by atoms with van der Waals surface area (Å²) >= 11 is 0. The highest BCUT2D eigenvalue weighted by molar-refractivity contribution is 5.58. The molecule has 1 aromatic heterocycles. The van der Waals surface area contributed by atoms with Crippen molar-refractivity contribution in [2.24, 2.45) is 0 Å². The molecule has 88 valence electrons. The maximum absolute atomic E-state index is 12.6. The van der Waals surface area contributed by atoms with E-state index in [1.807, 2.05) is 25.2 Å². The van der Waals surface area contributed by atoms with Crippen LogP contribution in [0, 0.1) is 6.92 Å². The van der Waals surface area contributed by atoms with E-state index < -0.39 is 5.83 Å². The monoisotopic (exact) mass is 229 g/mol. The molecule has 17 heavy (non-hydrogen) atoms. The van der Waals surface area contributed by atoms with Crippen LogP contribution in [0.5, 0.6) is 0 Å². The maximum atomic E-state index is 12.6. The first-order chi connectivity index (χ1) is 8.06. The fourth-order valence-electron chi connectivity index (χ4n) is 1.53. The molecule has 1 heterocycles. The second-order valence-corrected chi connectivity index (χ2v) is 3.62. The lowest BCUT2D eigenvalue weighted by atomic mass is 10.2. The molecule has 0 fully saturated rings. The van der Waals surface area contributed by atoms with Gasteiger partial charge in [0.25, 0.3) is 0 Å². The van der Waals surface area contributed by atoms with E-state index >= 15 is 0 Å². The lowest BCUT2D eigenvalue weighted by Crippen LogP contribution is -2.21. The van der Waals surface area contributed by atoms with Gasteiger partial charge in [-0.05, 0) is 19.1 Å². The molecule has 2 heteroatoms. The Kier molecular flexibility index (Phi) is 4.46. The highest BCUT2D eigenvalue weighted by Gasteiger charge is 1.99. The number of nitrogens with one attached hydrogen (secondary N) is 1. The summed E-state index contributed by atoms with van der Waals surface area (Å²) in [6.45, 7) is 12.6. The zero-order chi connectivity index (χ0) is 12.8. The lowest BCUT2D eigenvalue weighted by Gasteiger charge is -1.90. The third-order valence-corrected chi connectivity index (χ3v) is 2.30. The van der Waals surface area contributed by atoms with Crippen molar-refractivity contribution in [3.05, 3.63) is 65.1 Å². The van der Waals surface area contributed by atoms with Gasteiger partial charge in [0, 0.05) is 21.8 Å². The summed E-state index contributed by atoms with van der Waals surface area (Å²) in [5, 5.41) is 1.75.